The minimum atomic E-state index is -0.146. The molecule has 0 aliphatic heterocycles. The van der Waals surface area contributed by atoms with E-state index >= 15 is 0 Å². The van der Waals surface area contributed by atoms with E-state index < -0.39 is 0 Å². The molecule has 0 unspecified atom stereocenters. The van der Waals surface area contributed by atoms with Crippen molar-refractivity contribution in [3.63, 3.8) is 0 Å². The fraction of sp³-hybridized carbons (Fsp3) is 0.389. The second-order valence-electron chi connectivity index (χ2n) is 5.75. The van der Waals surface area contributed by atoms with Crippen LogP contribution in [0.25, 0.3) is 22.5 Å². The first-order valence-electron chi connectivity index (χ1n) is 8.36. The van der Waals surface area contributed by atoms with Crippen LogP contribution in [0.3, 0.4) is 0 Å². The zero-order chi connectivity index (χ0) is 17.8. The molecule has 0 saturated heterocycles. The fourth-order valence-electron chi connectivity index (χ4n) is 2.79. The standard InChI is InChI=1S/C18H22N4O3/c1-4-24-9-6-8-19-18(23)13-11-14(15-7-5-10-25-15)20-17-16(13)12(2)21-22(17)3/h5,7,10-11H,4,6,8-9H2,1-3H3,(H,19,23). The Bertz CT molecular complexity index is 868. The number of aromatic nitrogens is 3. The first-order valence-corrected chi connectivity index (χ1v) is 8.36. The number of carbonyl (C=O) groups is 1. The van der Waals surface area contributed by atoms with Crippen molar-refractivity contribution in [2.24, 2.45) is 7.05 Å². The van der Waals surface area contributed by atoms with Gasteiger partial charge in [0.15, 0.2) is 11.4 Å². The summed E-state index contributed by atoms with van der Waals surface area (Å²) < 4.78 is 12.4. The summed E-state index contributed by atoms with van der Waals surface area (Å²) in [7, 11) is 1.82. The number of pyridine rings is 1. The van der Waals surface area contributed by atoms with Crippen LogP contribution in [0.2, 0.25) is 0 Å². The summed E-state index contributed by atoms with van der Waals surface area (Å²) in [6.07, 6.45) is 2.36. The van der Waals surface area contributed by atoms with Gasteiger partial charge in [-0.15, -0.1) is 0 Å². The summed E-state index contributed by atoms with van der Waals surface area (Å²) in [4.78, 5) is 17.3. The summed E-state index contributed by atoms with van der Waals surface area (Å²) in [5.74, 6) is 0.471. The van der Waals surface area contributed by atoms with Gasteiger partial charge in [0.2, 0.25) is 0 Å². The Morgan fingerprint density at radius 2 is 2.28 bits per heavy atom. The third-order valence-electron chi connectivity index (χ3n) is 3.94. The number of fused-ring (bicyclic) bond motifs is 1. The van der Waals surface area contributed by atoms with E-state index in [0.29, 0.717) is 42.4 Å². The van der Waals surface area contributed by atoms with Gasteiger partial charge in [-0.3, -0.25) is 9.48 Å². The van der Waals surface area contributed by atoms with Gasteiger partial charge in [0, 0.05) is 26.8 Å². The summed E-state index contributed by atoms with van der Waals surface area (Å²) in [6, 6.07) is 5.37. The third-order valence-corrected chi connectivity index (χ3v) is 3.94. The van der Waals surface area contributed by atoms with Crippen molar-refractivity contribution in [1.29, 1.82) is 0 Å². The predicted molar refractivity (Wildman–Crippen MR) is 94.4 cm³/mol. The van der Waals surface area contributed by atoms with Crippen LogP contribution in [0.1, 0.15) is 29.4 Å². The van der Waals surface area contributed by atoms with E-state index in [-0.39, 0.29) is 5.91 Å². The van der Waals surface area contributed by atoms with Gasteiger partial charge in [0.05, 0.1) is 22.9 Å². The zero-order valence-electron chi connectivity index (χ0n) is 14.7. The van der Waals surface area contributed by atoms with Gasteiger partial charge in [-0.05, 0) is 38.5 Å². The molecular formula is C18H22N4O3. The monoisotopic (exact) mass is 342 g/mol. The highest BCUT2D eigenvalue weighted by molar-refractivity contribution is 6.07. The molecule has 0 radical (unpaired) electrons. The third kappa shape index (κ3) is 3.56. The molecule has 3 rings (SSSR count). The number of hydrogen-bond acceptors (Lipinski definition) is 5. The number of aryl methyl sites for hydroxylation is 2. The van der Waals surface area contributed by atoms with Crippen molar-refractivity contribution >= 4 is 16.9 Å². The summed E-state index contributed by atoms with van der Waals surface area (Å²) in [5, 5.41) is 8.11. The van der Waals surface area contributed by atoms with Gasteiger partial charge in [0.1, 0.15) is 5.69 Å². The molecular weight excluding hydrogens is 320 g/mol. The number of rotatable bonds is 7. The lowest BCUT2D eigenvalue weighted by Crippen LogP contribution is -2.25. The Hall–Kier alpha value is -2.67. The van der Waals surface area contributed by atoms with E-state index in [1.807, 2.05) is 27.0 Å². The first-order chi connectivity index (χ1) is 12.1. The number of nitrogens with one attached hydrogen (secondary N) is 1. The summed E-state index contributed by atoms with van der Waals surface area (Å²) in [5.41, 5.74) is 2.60. The van der Waals surface area contributed by atoms with Crippen molar-refractivity contribution in [1.82, 2.24) is 20.1 Å². The topological polar surface area (TPSA) is 82.2 Å². The normalized spacial score (nSPS) is 11.2. The minimum absolute atomic E-state index is 0.146. The molecule has 7 nitrogen and oxygen atoms in total. The number of furan rings is 1. The highest BCUT2D eigenvalue weighted by Crippen LogP contribution is 2.27. The van der Waals surface area contributed by atoms with E-state index in [0.717, 1.165) is 17.5 Å². The Morgan fingerprint density at radius 1 is 1.44 bits per heavy atom. The lowest BCUT2D eigenvalue weighted by Gasteiger charge is -2.08. The molecule has 0 spiro atoms. The highest BCUT2D eigenvalue weighted by Gasteiger charge is 2.19. The van der Waals surface area contributed by atoms with Crippen LogP contribution in [-0.4, -0.2) is 40.4 Å². The Balaban J connectivity index is 1.93. The Labute approximate surface area is 146 Å². The molecule has 3 aromatic rings. The number of amides is 1. The minimum Gasteiger partial charge on any atom is -0.463 e. The number of nitrogens with zero attached hydrogens (tertiary/aromatic N) is 3. The predicted octanol–water partition coefficient (Wildman–Crippen LogP) is 2.69. The molecule has 132 valence electrons. The second-order valence-corrected chi connectivity index (χ2v) is 5.75. The van der Waals surface area contributed by atoms with Gasteiger partial charge < -0.3 is 14.5 Å². The van der Waals surface area contributed by atoms with E-state index in [1.165, 1.54) is 0 Å². The summed E-state index contributed by atoms with van der Waals surface area (Å²) >= 11 is 0. The quantitative estimate of drug-likeness (QED) is 0.668. The number of hydrogen-bond donors (Lipinski definition) is 1. The molecule has 0 bridgehead atoms. The van der Waals surface area contributed by atoms with Crippen molar-refractivity contribution in [2.45, 2.75) is 20.3 Å². The Kier molecular flexibility index (Phi) is 5.14. The van der Waals surface area contributed by atoms with Crippen LogP contribution < -0.4 is 5.32 Å². The van der Waals surface area contributed by atoms with E-state index in [4.69, 9.17) is 9.15 Å². The number of ether oxygens (including phenoxy) is 1. The maximum Gasteiger partial charge on any atom is 0.252 e. The lowest BCUT2D eigenvalue weighted by molar-refractivity contribution is 0.0946. The fourth-order valence-corrected chi connectivity index (χ4v) is 2.79. The molecule has 7 heteroatoms. The van der Waals surface area contributed by atoms with Crippen LogP contribution in [0.5, 0.6) is 0 Å². The van der Waals surface area contributed by atoms with Gasteiger partial charge >= 0.3 is 0 Å². The molecule has 3 heterocycles. The lowest BCUT2D eigenvalue weighted by atomic mass is 10.1. The van der Waals surface area contributed by atoms with Crippen LogP contribution in [-0.2, 0) is 11.8 Å². The van der Waals surface area contributed by atoms with E-state index in [2.05, 4.69) is 15.4 Å². The average molecular weight is 342 g/mol. The molecule has 0 aliphatic carbocycles. The molecule has 1 amide bonds. The second kappa shape index (κ2) is 7.48. The maximum atomic E-state index is 12.7. The van der Waals surface area contributed by atoms with Crippen LogP contribution >= 0.6 is 0 Å². The van der Waals surface area contributed by atoms with E-state index in [9.17, 15) is 4.79 Å². The zero-order valence-corrected chi connectivity index (χ0v) is 14.7. The molecule has 0 aliphatic rings. The number of carbonyl (C=O) groups excluding carboxylic acids is 1. The van der Waals surface area contributed by atoms with Crippen LogP contribution in [0, 0.1) is 6.92 Å². The average Bonchev–Trinajstić information content (AvgIpc) is 3.23. The molecule has 0 fully saturated rings. The van der Waals surface area contributed by atoms with Crippen LogP contribution in [0.15, 0.2) is 28.9 Å². The van der Waals surface area contributed by atoms with Gasteiger partial charge in [-0.1, -0.05) is 0 Å². The smallest absolute Gasteiger partial charge is 0.252 e. The van der Waals surface area contributed by atoms with Crippen molar-refractivity contribution in [3.05, 3.63) is 35.7 Å². The Morgan fingerprint density at radius 3 is 3.00 bits per heavy atom. The molecule has 25 heavy (non-hydrogen) atoms. The van der Waals surface area contributed by atoms with E-state index in [1.54, 1.807) is 23.1 Å². The van der Waals surface area contributed by atoms with Gasteiger partial charge in [-0.2, -0.15) is 5.10 Å². The van der Waals surface area contributed by atoms with Crippen LogP contribution in [0.4, 0.5) is 0 Å². The molecule has 0 aromatic carbocycles. The van der Waals surface area contributed by atoms with Crippen molar-refractivity contribution in [2.75, 3.05) is 19.8 Å². The van der Waals surface area contributed by atoms with Crippen molar-refractivity contribution < 1.29 is 13.9 Å². The SMILES string of the molecule is CCOCCCNC(=O)c1cc(-c2ccco2)nc2c1c(C)nn2C. The van der Waals surface area contributed by atoms with Gasteiger partial charge in [0.25, 0.3) is 5.91 Å². The summed E-state index contributed by atoms with van der Waals surface area (Å²) in [6.45, 7) is 5.69. The van der Waals surface area contributed by atoms with Gasteiger partial charge in [-0.25, -0.2) is 4.98 Å². The van der Waals surface area contributed by atoms with Crippen molar-refractivity contribution in [3.8, 4) is 11.5 Å². The highest BCUT2D eigenvalue weighted by atomic mass is 16.5. The largest absolute Gasteiger partial charge is 0.463 e. The molecule has 1 N–H and O–H groups in total. The molecule has 0 atom stereocenters. The first kappa shape index (κ1) is 17.2. The molecule has 3 aromatic heterocycles. The maximum absolute atomic E-state index is 12.7. The molecule has 0 saturated carbocycles.